The summed E-state index contributed by atoms with van der Waals surface area (Å²) in [4.78, 5) is 24.8. The Morgan fingerprint density at radius 1 is 0.259 bits per heavy atom. The minimum Gasteiger partial charge on any atom is -0.255 e. The lowest BCUT2D eigenvalue weighted by Crippen LogP contribution is -1.97. The van der Waals surface area contributed by atoms with Crippen molar-refractivity contribution in [1.82, 2.24) is 24.9 Å². The van der Waals surface area contributed by atoms with Crippen LogP contribution in [0.15, 0.2) is 213 Å². The quantitative estimate of drug-likeness (QED) is 0.155. The van der Waals surface area contributed by atoms with E-state index in [0.29, 0.717) is 5.82 Å². The van der Waals surface area contributed by atoms with Crippen LogP contribution in [0, 0.1) is 0 Å². The van der Waals surface area contributed by atoms with Crippen molar-refractivity contribution in [3.63, 3.8) is 0 Å². The van der Waals surface area contributed by atoms with E-state index in [2.05, 4.69) is 156 Å². The Labute approximate surface area is 337 Å². The van der Waals surface area contributed by atoms with Crippen LogP contribution in [-0.4, -0.2) is 24.9 Å². The van der Waals surface area contributed by atoms with E-state index < -0.39 is 0 Å². The minimum absolute atomic E-state index is 0.674. The van der Waals surface area contributed by atoms with Crippen LogP contribution in [-0.2, 0) is 0 Å². The molecular weight excluding hydrogens is 707 g/mol. The zero-order chi connectivity index (χ0) is 38.7. The highest BCUT2D eigenvalue weighted by Crippen LogP contribution is 2.37. The number of nitrogens with zero attached hydrogens (tertiary/aromatic N) is 5. The Morgan fingerprint density at radius 2 is 0.707 bits per heavy atom. The molecule has 0 bridgehead atoms. The van der Waals surface area contributed by atoms with E-state index in [1.54, 1.807) is 12.4 Å². The Bertz CT molecular complexity index is 2950. The lowest BCUT2D eigenvalue weighted by Gasteiger charge is -2.14. The predicted molar refractivity (Wildman–Crippen MR) is 236 cm³/mol. The molecule has 0 unspecified atom stereocenters. The zero-order valence-electron chi connectivity index (χ0n) is 31.4. The third-order valence-electron chi connectivity index (χ3n) is 10.4. The van der Waals surface area contributed by atoms with Crippen LogP contribution < -0.4 is 0 Å². The molecule has 0 saturated carbocycles. The first-order valence-electron chi connectivity index (χ1n) is 19.3. The highest BCUT2D eigenvalue weighted by molar-refractivity contribution is 5.96. The maximum absolute atomic E-state index is 5.31. The summed E-state index contributed by atoms with van der Waals surface area (Å²) in [6, 6.07) is 69.2. The molecule has 0 aliphatic carbocycles. The van der Waals surface area contributed by atoms with E-state index in [1.165, 1.54) is 0 Å². The third-order valence-corrected chi connectivity index (χ3v) is 10.4. The van der Waals surface area contributed by atoms with Gasteiger partial charge in [-0.15, -0.1) is 0 Å². The van der Waals surface area contributed by atoms with Crippen LogP contribution in [0.4, 0.5) is 0 Å². The molecule has 10 rings (SSSR count). The van der Waals surface area contributed by atoms with Crippen molar-refractivity contribution >= 4 is 10.9 Å². The van der Waals surface area contributed by atoms with Gasteiger partial charge in [0.15, 0.2) is 5.82 Å². The SMILES string of the molecule is c1ccc(-c2cc(-c3ccc(-c4cc(-c5ccccn5)nc(-c5ccccn5)c4)cc3)cc(-c3nc(-c4ccccc4)c4ccc(-c5ccccc5)cc4n3)c2)cc1. The van der Waals surface area contributed by atoms with Crippen molar-refractivity contribution < 1.29 is 0 Å². The van der Waals surface area contributed by atoms with Gasteiger partial charge in [-0.05, 0) is 111 Å². The topological polar surface area (TPSA) is 64.5 Å². The van der Waals surface area contributed by atoms with Gasteiger partial charge in [-0.3, -0.25) is 9.97 Å². The third kappa shape index (κ3) is 7.04. The van der Waals surface area contributed by atoms with Gasteiger partial charge in [0.05, 0.1) is 34.0 Å². The van der Waals surface area contributed by atoms with Crippen molar-refractivity contribution in [3.05, 3.63) is 213 Å². The molecule has 0 spiro atoms. The molecule has 0 atom stereocenters. The first-order valence-corrected chi connectivity index (χ1v) is 19.3. The fourth-order valence-electron chi connectivity index (χ4n) is 7.45. The van der Waals surface area contributed by atoms with Gasteiger partial charge in [0.1, 0.15) is 0 Å². The summed E-state index contributed by atoms with van der Waals surface area (Å²) >= 11 is 0. The van der Waals surface area contributed by atoms with Gasteiger partial charge in [-0.1, -0.05) is 133 Å². The summed E-state index contributed by atoms with van der Waals surface area (Å²) in [5, 5.41) is 1.01. The van der Waals surface area contributed by atoms with Gasteiger partial charge >= 0.3 is 0 Å². The standard InChI is InChI=1S/C53H35N5/c1-4-14-36(15-5-1)41-26-27-46-49(33-41)57-53(58-52(46)40-18-8-3-9-19-40)45-31-42(37-16-6-2-7-17-37)30-43(32-45)38-22-24-39(25-23-38)44-34-50(47-20-10-12-28-54-47)56-51(35-44)48-21-11-13-29-55-48/h1-35H. The average Bonchev–Trinajstić information content (AvgIpc) is 3.32. The van der Waals surface area contributed by atoms with Crippen LogP contribution >= 0.6 is 0 Å². The summed E-state index contributed by atoms with van der Waals surface area (Å²) in [7, 11) is 0. The summed E-state index contributed by atoms with van der Waals surface area (Å²) in [5.41, 5.74) is 15.8. The smallest absolute Gasteiger partial charge is 0.160 e. The summed E-state index contributed by atoms with van der Waals surface area (Å²) in [6.45, 7) is 0. The largest absolute Gasteiger partial charge is 0.255 e. The van der Waals surface area contributed by atoms with Crippen LogP contribution in [0.5, 0.6) is 0 Å². The lowest BCUT2D eigenvalue weighted by atomic mass is 9.94. The monoisotopic (exact) mass is 741 g/mol. The lowest BCUT2D eigenvalue weighted by molar-refractivity contribution is 1.22. The number of rotatable bonds is 8. The average molecular weight is 742 g/mol. The Hall–Kier alpha value is -7.89. The fraction of sp³-hybridized carbons (Fsp3) is 0. The molecule has 0 N–H and O–H groups in total. The maximum Gasteiger partial charge on any atom is 0.160 e. The molecular formula is C53H35N5. The second-order valence-corrected chi connectivity index (χ2v) is 14.2. The van der Waals surface area contributed by atoms with Gasteiger partial charge in [0, 0.05) is 28.9 Å². The number of hydrogen-bond acceptors (Lipinski definition) is 5. The van der Waals surface area contributed by atoms with Crippen molar-refractivity contribution in [2.24, 2.45) is 0 Å². The Kier molecular flexibility index (Phi) is 9.14. The Balaban J connectivity index is 1.10. The first kappa shape index (κ1) is 34.6. The van der Waals surface area contributed by atoms with Crippen LogP contribution in [0.1, 0.15) is 0 Å². The molecule has 0 aliphatic rings. The van der Waals surface area contributed by atoms with Gasteiger partial charge in [0.2, 0.25) is 0 Å². The summed E-state index contributed by atoms with van der Waals surface area (Å²) in [5.74, 6) is 0.674. The maximum atomic E-state index is 5.31. The number of fused-ring (bicyclic) bond motifs is 1. The van der Waals surface area contributed by atoms with Gasteiger partial charge in [-0.2, -0.15) is 0 Å². The number of hydrogen-bond donors (Lipinski definition) is 0. The van der Waals surface area contributed by atoms with E-state index >= 15 is 0 Å². The van der Waals surface area contributed by atoms with Crippen molar-refractivity contribution in [2.75, 3.05) is 0 Å². The van der Waals surface area contributed by atoms with E-state index in [-0.39, 0.29) is 0 Å². The summed E-state index contributed by atoms with van der Waals surface area (Å²) in [6.07, 6.45) is 3.59. The number of aromatic nitrogens is 5. The first-order chi connectivity index (χ1) is 28.7. The van der Waals surface area contributed by atoms with Gasteiger partial charge in [-0.25, -0.2) is 15.0 Å². The van der Waals surface area contributed by atoms with E-state index in [1.807, 2.05) is 54.6 Å². The highest BCUT2D eigenvalue weighted by atomic mass is 14.9. The van der Waals surface area contributed by atoms with Crippen molar-refractivity contribution in [3.8, 4) is 89.9 Å². The van der Waals surface area contributed by atoms with Crippen molar-refractivity contribution in [2.45, 2.75) is 0 Å². The molecule has 0 amide bonds. The second kappa shape index (κ2) is 15.3. The Morgan fingerprint density at radius 3 is 1.24 bits per heavy atom. The molecule has 0 aliphatic heterocycles. The molecule has 4 aromatic heterocycles. The molecule has 0 radical (unpaired) electrons. The van der Waals surface area contributed by atoms with Gasteiger partial charge < -0.3 is 0 Å². The summed E-state index contributed by atoms with van der Waals surface area (Å²) < 4.78 is 0. The molecule has 0 fully saturated rings. The molecule has 0 saturated heterocycles. The molecule has 272 valence electrons. The molecule has 6 aromatic carbocycles. The minimum atomic E-state index is 0.674. The van der Waals surface area contributed by atoms with Crippen LogP contribution in [0.25, 0.3) is 101 Å². The predicted octanol–water partition coefficient (Wildman–Crippen LogP) is 13.2. The second-order valence-electron chi connectivity index (χ2n) is 14.2. The molecule has 10 aromatic rings. The zero-order valence-corrected chi connectivity index (χ0v) is 31.4. The molecule has 5 heteroatoms. The molecule has 4 heterocycles. The number of benzene rings is 6. The van der Waals surface area contributed by atoms with E-state index in [0.717, 1.165) is 95.0 Å². The van der Waals surface area contributed by atoms with E-state index in [4.69, 9.17) is 15.0 Å². The fourth-order valence-corrected chi connectivity index (χ4v) is 7.45. The molecule has 5 nitrogen and oxygen atoms in total. The van der Waals surface area contributed by atoms with Gasteiger partial charge in [0.25, 0.3) is 0 Å². The number of pyridine rings is 3. The van der Waals surface area contributed by atoms with Crippen LogP contribution in [0.3, 0.4) is 0 Å². The normalized spacial score (nSPS) is 11.1. The highest BCUT2D eigenvalue weighted by Gasteiger charge is 2.16. The molecule has 58 heavy (non-hydrogen) atoms. The van der Waals surface area contributed by atoms with E-state index in [9.17, 15) is 0 Å². The van der Waals surface area contributed by atoms with Crippen LogP contribution in [0.2, 0.25) is 0 Å². The van der Waals surface area contributed by atoms with Crippen molar-refractivity contribution in [1.29, 1.82) is 0 Å².